The van der Waals surface area contributed by atoms with Gasteiger partial charge in [-0.15, -0.1) is 0 Å². The van der Waals surface area contributed by atoms with Gasteiger partial charge in [0.2, 0.25) is 5.91 Å². The van der Waals surface area contributed by atoms with Gasteiger partial charge in [-0.05, 0) is 31.2 Å². The van der Waals surface area contributed by atoms with Crippen molar-refractivity contribution in [2.45, 2.75) is 20.4 Å². The zero-order valence-electron chi connectivity index (χ0n) is 10.4. The number of likely N-dealkylation sites (N-methyl/N-ethyl adjacent to an activating group) is 2. The van der Waals surface area contributed by atoms with E-state index in [1.165, 1.54) is 0 Å². The maximum absolute atomic E-state index is 11.5. The topological polar surface area (TPSA) is 52.6 Å². The van der Waals surface area contributed by atoms with Gasteiger partial charge in [0.25, 0.3) is 0 Å². The number of nitrogens with one attached hydrogen (secondary N) is 1. The summed E-state index contributed by atoms with van der Waals surface area (Å²) in [6.45, 7) is 6.54. The SMILES string of the molecule is CCNC(=O)CN(CC)Cc1ccc(O)cc1. The van der Waals surface area contributed by atoms with E-state index in [-0.39, 0.29) is 11.7 Å². The predicted octanol–water partition coefficient (Wildman–Crippen LogP) is 1.35. The van der Waals surface area contributed by atoms with Crippen molar-refractivity contribution in [2.75, 3.05) is 19.6 Å². The Labute approximate surface area is 102 Å². The summed E-state index contributed by atoms with van der Waals surface area (Å²) >= 11 is 0. The lowest BCUT2D eigenvalue weighted by Gasteiger charge is -2.19. The number of benzene rings is 1. The van der Waals surface area contributed by atoms with Crippen LogP contribution in [0.4, 0.5) is 0 Å². The van der Waals surface area contributed by atoms with Gasteiger partial charge in [0, 0.05) is 13.1 Å². The summed E-state index contributed by atoms with van der Waals surface area (Å²) in [5.41, 5.74) is 1.09. The quantitative estimate of drug-likeness (QED) is 0.784. The van der Waals surface area contributed by atoms with Crippen molar-refractivity contribution in [3.63, 3.8) is 0 Å². The second kappa shape index (κ2) is 6.91. The molecule has 0 atom stereocenters. The van der Waals surface area contributed by atoms with E-state index in [4.69, 9.17) is 0 Å². The molecule has 0 spiro atoms. The van der Waals surface area contributed by atoms with Gasteiger partial charge in [0.05, 0.1) is 6.54 Å². The average molecular weight is 236 g/mol. The van der Waals surface area contributed by atoms with E-state index in [9.17, 15) is 9.90 Å². The van der Waals surface area contributed by atoms with Crippen LogP contribution in [0.2, 0.25) is 0 Å². The molecule has 0 bridgehead atoms. The summed E-state index contributed by atoms with van der Waals surface area (Å²) in [5, 5.41) is 12.0. The number of carbonyl (C=O) groups excluding carboxylic acids is 1. The fraction of sp³-hybridized carbons (Fsp3) is 0.462. The van der Waals surface area contributed by atoms with Crippen LogP contribution in [0.1, 0.15) is 19.4 Å². The van der Waals surface area contributed by atoms with E-state index in [0.29, 0.717) is 19.6 Å². The minimum Gasteiger partial charge on any atom is -0.508 e. The molecule has 1 rings (SSSR count). The van der Waals surface area contributed by atoms with Crippen LogP contribution in [-0.4, -0.2) is 35.5 Å². The molecule has 4 heteroatoms. The fourth-order valence-corrected chi connectivity index (χ4v) is 1.60. The van der Waals surface area contributed by atoms with E-state index in [2.05, 4.69) is 10.2 Å². The van der Waals surface area contributed by atoms with Crippen LogP contribution in [0.5, 0.6) is 5.75 Å². The lowest BCUT2D eigenvalue weighted by Crippen LogP contribution is -2.36. The van der Waals surface area contributed by atoms with Gasteiger partial charge in [0.1, 0.15) is 5.75 Å². The Kier molecular flexibility index (Phi) is 5.49. The molecule has 0 saturated carbocycles. The van der Waals surface area contributed by atoms with Gasteiger partial charge in [-0.3, -0.25) is 9.69 Å². The zero-order valence-corrected chi connectivity index (χ0v) is 10.4. The Bertz CT molecular complexity index is 349. The van der Waals surface area contributed by atoms with Gasteiger partial charge in [-0.2, -0.15) is 0 Å². The van der Waals surface area contributed by atoms with Gasteiger partial charge in [0.15, 0.2) is 0 Å². The molecule has 0 heterocycles. The number of carbonyl (C=O) groups is 1. The van der Waals surface area contributed by atoms with Gasteiger partial charge in [-0.1, -0.05) is 19.1 Å². The maximum atomic E-state index is 11.5. The highest BCUT2D eigenvalue weighted by molar-refractivity contribution is 5.77. The number of aromatic hydroxyl groups is 1. The Balaban J connectivity index is 2.51. The minimum absolute atomic E-state index is 0.0492. The monoisotopic (exact) mass is 236 g/mol. The van der Waals surface area contributed by atoms with E-state index in [1.54, 1.807) is 12.1 Å². The lowest BCUT2D eigenvalue weighted by molar-refractivity contribution is -0.122. The van der Waals surface area contributed by atoms with Crippen molar-refractivity contribution in [1.82, 2.24) is 10.2 Å². The van der Waals surface area contributed by atoms with E-state index in [0.717, 1.165) is 12.1 Å². The number of hydrogen-bond acceptors (Lipinski definition) is 3. The van der Waals surface area contributed by atoms with Crippen LogP contribution in [0, 0.1) is 0 Å². The number of rotatable bonds is 6. The van der Waals surface area contributed by atoms with Crippen LogP contribution in [-0.2, 0) is 11.3 Å². The minimum atomic E-state index is 0.0492. The number of phenols is 1. The number of hydrogen-bond donors (Lipinski definition) is 2. The molecule has 0 fully saturated rings. The highest BCUT2D eigenvalue weighted by Gasteiger charge is 2.08. The third kappa shape index (κ3) is 4.87. The van der Waals surface area contributed by atoms with Crippen molar-refractivity contribution in [3.05, 3.63) is 29.8 Å². The number of amides is 1. The first kappa shape index (κ1) is 13.5. The predicted molar refractivity (Wildman–Crippen MR) is 67.7 cm³/mol. The third-order valence-corrected chi connectivity index (χ3v) is 2.53. The van der Waals surface area contributed by atoms with Gasteiger partial charge in [-0.25, -0.2) is 0 Å². The maximum Gasteiger partial charge on any atom is 0.234 e. The first-order valence-electron chi connectivity index (χ1n) is 5.92. The van der Waals surface area contributed by atoms with Gasteiger partial charge < -0.3 is 10.4 Å². The third-order valence-electron chi connectivity index (χ3n) is 2.53. The standard InChI is InChI=1S/C13H20N2O2/c1-3-14-13(17)10-15(4-2)9-11-5-7-12(16)8-6-11/h5-8,16H,3-4,9-10H2,1-2H3,(H,14,17). The fourth-order valence-electron chi connectivity index (χ4n) is 1.60. The first-order valence-corrected chi connectivity index (χ1v) is 5.92. The largest absolute Gasteiger partial charge is 0.508 e. The summed E-state index contributed by atoms with van der Waals surface area (Å²) < 4.78 is 0. The zero-order chi connectivity index (χ0) is 12.7. The summed E-state index contributed by atoms with van der Waals surface area (Å²) in [6.07, 6.45) is 0. The second-order valence-electron chi connectivity index (χ2n) is 3.92. The Morgan fingerprint density at radius 2 is 1.94 bits per heavy atom. The van der Waals surface area contributed by atoms with Crippen LogP contribution < -0.4 is 5.32 Å². The molecule has 94 valence electrons. The molecule has 2 N–H and O–H groups in total. The van der Waals surface area contributed by atoms with Crippen LogP contribution in [0.15, 0.2) is 24.3 Å². The molecule has 0 aromatic heterocycles. The molecule has 0 saturated heterocycles. The van der Waals surface area contributed by atoms with E-state index < -0.39 is 0 Å². The molecule has 1 amide bonds. The van der Waals surface area contributed by atoms with E-state index in [1.807, 2.05) is 26.0 Å². The number of nitrogens with zero attached hydrogens (tertiary/aromatic N) is 1. The summed E-state index contributed by atoms with van der Waals surface area (Å²) in [5.74, 6) is 0.314. The molecule has 0 radical (unpaired) electrons. The molecule has 0 aliphatic heterocycles. The summed E-state index contributed by atoms with van der Waals surface area (Å²) in [6, 6.07) is 7.07. The lowest BCUT2D eigenvalue weighted by atomic mass is 10.2. The second-order valence-corrected chi connectivity index (χ2v) is 3.92. The molecular weight excluding hydrogens is 216 g/mol. The summed E-state index contributed by atoms with van der Waals surface area (Å²) in [4.78, 5) is 13.5. The van der Waals surface area contributed by atoms with Crippen molar-refractivity contribution >= 4 is 5.91 Å². The Hall–Kier alpha value is -1.55. The highest BCUT2D eigenvalue weighted by atomic mass is 16.3. The molecule has 0 unspecified atom stereocenters. The highest BCUT2D eigenvalue weighted by Crippen LogP contribution is 2.11. The van der Waals surface area contributed by atoms with Crippen molar-refractivity contribution < 1.29 is 9.90 Å². The molecule has 0 aliphatic carbocycles. The van der Waals surface area contributed by atoms with Crippen molar-refractivity contribution in [3.8, 4) is 5.75 Å². The molecular formula is C13H20N2O2. The first-order chi connectivity index (χ1) is 8.15. The number of phenolic OH excluding ortho intramolecular Hbond substituents is 1. The van der Waals surface area contributed by atoms with Crippen molar-refractivity contribution in [1.29, 1.82) is 0 Å². The van der Waals surface area contributed by atoms with Crippen molar-refractivity contribution in [2.24, 2.45) is 0 Å². The summed E-state index contributed by atoms with van der Waals surface area (Å²) in [7, 11) is 0. The van der Waals surface area contributed by atoms with Crippen LogP contribution >= 0.6 is 0 Å². The Morgan fingerprint density at radius 1 is 1.29 bits per heavy atom. The van der Waals surface area contributed by atoms with Crippen LogP contribution in [0.3, 0.4) is 0 Å². The molecule has 4 nitrogen and oxygen atoms in total. The average Bonchev–Trinajstić information content (AvgIpc) is 2.31. The molecule has 0 aliphatic rings. The van der Waals surface area contributed by atoms with Gasteiger partial charge >= 0.3 is 0 Å². The normalized spacial score (nSPS) is 10.5. The Morgan fingerprint density at radius 3 is 2.47 bits per heavy atom. The molecule has 17 heavy (non-hydrogen) atoms. The molecule has 1 aromatic rings. The smallest absolute Gasteiger partial charge is 0.234 e. The van der Waals surface area contributed by atoms with E-state index >= 15 is 0 Å². The molecule has 1 aromatic carbocycles. The van der Waals surface area contributed by atoms with Crippen LogP contribution in [0.25, 0.3) is 0 Å².